The van der Waals surface area contributed by atoms with E-state index in [4.69, 9.17) is 10.6 Å². The molecule has 0 bridgehead atoms. The van der Waals surface area contributed by atoms with Crippen molar-refractivity contribution in [2.75, 3.05) is 18.0 Å². The molecule has 3 rings (SSSR count). The van der Waals surface area contributed by atoms with Gasteiger partial charge in [0, 0.05) is 37.2 Å². The zero-order chi connectivity index (χ0) is 16.1. The van der Waals surface area contributed by atoms with E-state index in [0.29, 0.717) is 5.56 Å². The molecule has 1 amide bonds. The van der Waals surface area contributed by atoms with Gasteiger partial charge in [0.1, 0.15) is 11.9 Å². The average molecular weight is 311 g/mol. The Morgan fingerprint density at radius 2 is 1.70 bits per heavy atom. The second kappa shape index (κ2) is 7.15. The Labute approximate surface area is 136 Å². The van der Waals surface area contributed by atoms with Gasteiger partial charge in [-0.3, -0.25) is 10.2 Å². The SMILES string of the molecule is NNC(=O)c1ccc(OC2CCN(c3ccccc3)CC2)cc1. The first-order valence-corrected chi connectivity index (χ1v) is 7.84. The molecule has 1 saturated heterocycles. The number of piperidine rings is 1. The molecule has 1 fully saturated rings. The molecule has 2 aromatic rings. The highest BCUT2D eigenvalue weighted by atomic mass is 16.5. The first-order chi connectivity index (χ1) is 11.3. The van der Waals surface area contributed by atoms with Crippen molar-refractivity contribution in [1.82, 2.24) is 5.43 Å². The maximum Gasteiger partial charge on any atom is 0.265 e. The number of anilines is 1. The lowest BCUT2D eigenvalue weighted by Gasteiger charge is -2.33. The lowest BCUT2D eigenvalue weighted by molar-refractivity contribution is 0.0953. The van der Waals surface area contributed by atoms with Crippen molar-refractivity contribution in [3.8, 4) is 5.75 Å². The first kappa shape index (κ1) is 15.4. The summed E-state index contributed by atoms with van der Waals surface area (Å²) in [5.74, 6) is 5.61. The van der Waals surface area contributed by atoms with Crippen LogP contribution in [0.25, 0.3) is 0 Å². The van der Waals surface area contributed by atoms with E-state index in [0.717, 1.165) is 31.7 Å². The van der Waals surface area contributed by atoms with Crippen molar-refractivity contribution in [1.29, 1.82) is 0 Å². The number of hydrogen-bond donors (Lipinski definition) is 2. The topological polar surface area (TPSA) is 67.6 Å². The first-order valence-electron chi connectivity index (χ1n) is 7.84. The number of nitrogens with one attached hydrogen (secondary N) is 1. The van der Waals surface area contributed by atoms with E-state index < -0.39 is 0 Å². The molecule has 0 saturated carbocycles. The molecule has 1 aliphatic heterocycles. The fraction of sp³-hybridized carbons (Fsp3) is 0.278. The molecule has 0 unspecified atom stereocenters. The normalized spacial score (nSPS) is 15.3. The number of hydrazine groups is 1. The highest BCUT2D eigenvalue weighted by Gasteiger charge is 2.20. The van der Waals surface area contributed by atoms with Crippen molar-refractivity contribution < 1.29 is 9.53 Å². The Hall–Kier alpha value is -2.53. The Balaban J connectivity index is 1.53. The minimum absolute atomic E-state index is 0.212. The van der Waals surface area contributed by atoms with Crippen molar-refractivity contribution in [3.63, 3.8) is 0 Å². The van der Waals surface area contributed by atoms with Gasteiger partial charge in [-0.05, 0) is 36.4 Å². The van der Waals surface area contributed by atoms with Crippen LogP contribution >= 0.6 is 0 Å². The minimum atomic E-state index is -0.298. The van der Waals surface area contributed by atoms with E-state index >= 15 is 0 Å². The summed E-state index contributed by atoms with van der Waals surface area (Å²) in [6.45, 7) is 1.98. The van der Waals surface area contributed by atoms with Crippen LogP contribution in [0.3, 0.4) is 0 Å². The molecule has 1 aliphatic rings. The summed E-state index contributed by atoms with van der Waals surface area (Å²) in [5, 5.41) is 0. The molecule has 0 radical (unpaired) electrons. The number of benzene rings is 2. The molecule has 0 aliphatic carbocycles. The van der Waals surface area contributed by atoms with E-state index in [1.165, 1.54) is 5.69 Å². The lowest BCUT2D eigenvalue weighted by atomic mass is 10.1. The predicted octanol–water partition coefficient (Wildman–Crippen LogP) is 2.34. The molecule has 2 aromatic carbocycles. The summed E-state index contributed by atoms with van der Waals surface area (Å²) in [6.07, 6.45) is 2.18. The summed E-state index contributed by atoms with van der Waals surface area (Å²) in [7, 11) is 0. The highest BCUT2D eigenvalue weighted by molar-refractivity contribution is 5.93. The summed E-state index contributed by atoms with van der Waals surface area (Å²) in [4.78, 5) is 13.8. The average Bonchev–Trinajstić information content (AvgIpc) is 2.63. The lowest BCUT2D eigenvalue weighted by Crippen LogP contribution is -2.38. The number of nitrogens with zero attached hydrogens (tertiary/aromatic N) is 1. The number of rotatable bonds is 4. The predicted molar refractivity (Wildman–Crippen MR) is 90.4 cm³/mol. The molecule has 1 heterocycles. The number of nitrogen functional groups attached to an aromatic ring is 1. The molecule has 0 atom stereocenters. The van der Waals surface area contributed by atoms with Crippen molar-refractivity contribution in [2.24, 2.45) is 5.84 Å². The number of hydrogen-bond acceptors (Lipinski definition) is 4. The second-order valence-corrected chi connectivity index (χ2v) is 5.64. The van der Waals surface area contributed by atoms with E-state index in [2.05, 4.69) is 34.6 Å². The van der Waals surface area contributed by atoms with Gasteiger partial charge in [0.2, 0.25) is 0 Å². The number of carbonyl (C=O) groups is 1. The van der Waals surface area contributed by atoms with Gasteiger partial charge in [-0.2, -0.15) is 0 Å². The number of nitrogens with two attached hydrogens (primary N) is 1. The van der Waals surface area contributed by atoms with Crippen LogP contribution < -0.4 is 20.9 Å². The van der Waals surface area contributed by atoms with Crippen LogP contribution in [0.2, 0.25) is 0 Å². The van der Waals surface area contributed by atoms with Gasteiger partial charge in [0.05, 0.1) is 0 Å². The molecular weight excluding hydrogens is 290 g/mol. The van der Waals surface area contributed by atoms with Crippen LogP contribution in [-0.4, -0.2) is 25.1 Å². The zero-order valence-electron chi connectivity index (χ0n) is 12.9. The molecule has 5 heteroatoms. The van der Waals surface area contributed by atoms with Gasteiger partial charge >= 0.3 is 0 Å². The summed E-state index contributed by atoms with van der Waals surface area (Å²) in [6, 6.07) is 17.5. The van der Waals surface area contributed by atoms with Crippen LogP contribution in [0.1, 0.15) is 23.2 Å². The fourth-order valence-electron chi connectivity index (χ4n) is 2.83. The van der Waals surface area contributed by atoms with Crippen molar-refractivity contribution >= 4 is 11.6 Å². The molecular formula is C18H21N3O2. The van der Waals surface area contributed by atoms with Gasteiger partial charge in [-0.1, -0.05) is 18.2 Å². The fourth-order valence-corrected chi connectivity index (χ4v) is 2.83. The maximum absolute atomic E-state index is 11.4. The van der Waals surface area contributed by atoms with Crippen LogP contribution in [-0.2, 0) is 0 Å². The Kier molecular flexibility index (Phi) is 4.78. The van der Waals surface area contributed by atoms with Gasteiger partial charge in [0.25, 0.3) is 5.91 Å². The van der Waals surface area contributed by atoms with Gasteiger partial charge in [0.15, 0.2) is 0 Å². The molecule has 0 spiro atoms. The van der Waals surface area contributed by atoms with Crippen LogP contribution in [0.5, 0.6) is 5.75 Å². The number of ether oxygens (including phenoxy) is 1. The number of amides is 1. The summed E-state index contributed by atoms with van der Waals surface area (Å²) < 4.78 is 6.02. The minimum Gasteiger partial charge on any atom is -0.490 e. The largest absolute Gasteiger partial charge is 0.490 e. The van der Waals surface area contributed by atoms with E-state index in [1.807, 2.05) is 18.2 Å². The van der Waals surface area contributed by atoms with E-state index in [9.17, 15) is 4.79 Å². The van der Waals surface area contributed by atoms with Crippen molar-refractivity contribution in [3.05, 3.63) is 60.2 Å². The second-order valence-electron chi connectivity index (χ2n) is 5.64. The van der Waals surface area contributed by atoms with Crippen LogP contribution in [0.4, 0.5) is 5.69 Å². The smallest absolute Gasteiger partial charge is 0.265 e. The van der Waals surface area contributed by atoms with Gasteiger partial charge in [-0.25, -0.2) is 5.84 Å². The van der Waals surface area contributed by atoms with Crippen molar-refractivity contribution in [2.45, 2.75) is 18.9 Å². The molecule has 5 nitrogen and oxygen atoms in total. The van der Waals surface area contributed by atoms with E-state index in [1.54, 1.807) is 12.1 Å². The number of para-hydroxylation sites is 1. The zero-order valence-corrected chi connectivity index (χ0v) is 12.9. The van der Waals surface area contributed by atoms with Crippen LogP contribution in [0.15, 0.2) is 54.6 Å². The third-order valence-corrected chi connectivity index (χ3v) is 4.11. The molecule has 0 aromatic heterocycles. The summed E-state index contributed by atoms with van der Waals surface area (Å²) >= 11 is 0. The van der Waals surface area contributed by atoms with E-state index in [-0.39, 0.29) is 12.0 Å². The Bertz CT molecular complexity index is 635. The van der Waals surface area contributed by atoms with Gasteiger partial charge in [-0.15, -0.1) is 0 Å². The standard InChI is InChI=1S/C18H21N3O2/c19-20-18(22)14-6-8-16(9-7-14)23-17-10-12-21(13-11-17)15-4-2-1-3-5-15/h1-9,17H,10-13,19H2,(H,20,22). The number of carbonyl (C=O) groups excluding carboxylic acids is 1. The van der Waals surface area contributed by atoms with Gasteiger partial charge < -0.3 is 9.64 Å². The van der Waals surface area contributed by atoms with Crippen LogP contribution in [0, 0.1) is 0 Å². The quantitative estimate of drug-likeness (QED) is 0.517. The molecule has 23 heavy (non-hydrogen) atoms. The third-order valence-electron chi connectivity index (χ3n) is 4.11. The highest BCUT2D eigenvalue weighted by Crippen LogP contribution is 2.23. The monoisotopic (exact) mass is 311 g/mol. The third kappa shape index (κ3) is 3.81. The Morgan fingerprint density at radius 3 is 2.30 bits per heavy atom. The summed E-state index contributed by atoms with van der Waals surface area (Å²) in [5.41, 5.74) is 3.91. The molecule has 120 valence electrons. The molecule has 3 N–H and O–H groups in total. The Morgan fingerprint density at radius 1 is 1.04 bits per heavy atom. The maximum atomic E-state index is 11.4.